The van der Waals surface area contributed by atoms with E-state index < -0.39 is 28.6 Å². The van der Waals surface area contributed by atoms with E-state index in [2.05, 4.69) is 0 Å². The van der Waals surface area contributed by atoms with Gasteiger partial charge in [0.2, 0.25) is 5.91 Å². The molecule has 3 aromatic carbocycles. The SMILES string of the molecule is CN(Cc1ccccc1)C(=O)C[C@@]1(COc2ccc(Cl)cc2)CCCN(C(=O)c2ccccc2C(F)(F)F)C1. The molecule has 4 rings (SSSR count). The van der Waals surface area contributed by atoms with Crippen LogP contribution in [-0.2, 0) is 17.5 Å². The molecular formula is C30H30ClF3N2O3. The molecule has 39 heavy (non-hydrogen) atoms. The first-order valence-electron chi connectivity index (χ1n) is 12.7. The number of nitrogens with zero attached hydrogens (tertiary/aromatic N) is 2. The van der Waals surface area contributed by atoms with Crippen LogP contribution in [0.4, 0.5) is 13.2 Å². The minimum atomic E-state index is -4.66. The Hall–Kier alpha value is -3.52. The lowest BCUT2D eigenvalue weighted by Crippen LogP contribution is -2.51. The van der Waals surface area contributed by atoms with E-state index in [0.717, 1.165) is 11.6 Å². The van der Waals surface area contributed by atoms with Gasteiger partial charge in [0.05, 0.1) is 17.7 Å². The van der Waals surface area contributed by atoms with Crippen molar-refractivity contribution in [3.8, 4) is 5.75 Å². The van der Waals surface area contributed by atoms with Crippen LogP contribution in [0.25, 0.3) is 0 Å². The molecule has 2 amide bonds. The van der Waals surface area contributed by atoms with Gasteiger partial charge < -0.3 is 14.5 Å². The van der Waals surface area contributed by atoms with E-state index in [1.807, 2.05) is 30.3 Å². The molecule has 0 bridgehead atoms. The number of amides is 2. The van der Waals surface area contributed by atoms with Crippen molar-refractivity contribution in [3.63, 3.8) is 0 Å². The third-order valence-electron chi connectivity index (χ3n) is 6.98. The van der Waals surface area contributed by atoms with Crippen LogP contribution in [0.15, 0.2) is 78.9 Å². The maximum Gasteiger partial charge on any atom is 0.417 e. The Kier molecular flexibility index (Phi) is 8.85. The van der Waals surface area contributed by atoms with E-state index in [-0.39, 0.29) is 25.5 Å². The van der Waals surface area contributed by atoms with E-state index in [9.17, 15) is 22.8 Å². The number of benzene rings is 3. The predicted molar refractivity (Wildman–Crippen MR) is 143 cm³/mol. The topological polar surface area (TPSA) is 49.9 Å². The van der Waals surface area contributed by atoms with Crippen LogP contribution in [0, 0.1) is 5.41 Å². The van der Waals surface area contributed by atoms with Gasteiger partial charge in [-0.2, -0.15) is 13.2 Å². The zero-order valence-electron chi connectivity index (χ0n) is 21.6. The van der Waals surface area contributed by atoms with Gasteiger partial charge in [0.25, 0.3) is 5.91 Å². The Morgan fingerprint density at radius 1 is 1.00 bits per heavy atom. The average Bonchev–Trinajstić information content (AvgIpc) is 2.92. The summed E-state index contributed by atoms with van der Waals surface area (Å²) in [7, 11) is 1.72. The number of hydrogen-bond acceptors (Lipinski definition) is 3. The number of carbonyl (C=O) groups excluding carboxylic acids is 2. The van der Waals surface area contributed by atoms with Gasteiger partial charge in [-0.1, -0.05) is 54.1 Å². The molecule has 0 N–H and O–H groups in total. The Balaban J connectivity index is 1.57. The molecule has 1 aliphatic heterocycles. The van der Waals surface area contributed by atoms with Gasteiger partial charge in [0, 0.05) is 43.5 Å². The van der Waals surface area contributed by atoms with E-state index in [0.29, 0.717) is 36.7 Å². The maximum absolute atomic E-state index is 13.7. The molecule has 0 unspecified atom stereocenters. The van der Waals surface area contributed by atoms with Gasteiger partial charge >= 0.3 is 6.18 Å². The third-order valence-corrected chi connectivity index (χ3v) is 7.24. The van der Waals surface area contributed by atoms with E-state index >= 15 is 0 Å². The first kappa shape index (κ1) is 28.5. The highest BCUT2D eigenvalue weighted by atomic mass is 35.5. The van der Waals surface area contributed by atoms with Crippen molar-refractivity contribution in [3.05, 3.63) is 101 Å². The quantitative estimate of drug-likeness (QED) is 0.309. The standard InChI is InChI=1S/C30H30ClF3N2O3/c1-35(19-22-8-3-2-4-9-22)27(37)18-29(21-39-24-14-12-23(31)13-15-24)16-7-17-36(20-29)28(38)25-10-5-6-11-26(25)30(32,33)34/h2-6,8-15H,7,16-21H2,1H3/t29-/m0/s1. The van der Waals surface area contributed by atoms with Crippen molar-refractivity contribution < 1.29 is 27.5 Å². The second kappa shape index (κ2) is 12.1. The number of carbonyl (C=O) groups is 2. The van der Waals surface area contributed by atoms with E-state index in [1.165, 1.54) is 23.1 Å². The molecule has 0 spiro atoms. The molecule has 206 valence electrons. The number of halogens is 4. The summed E-state index contributed by atoms with van der Waals surface area (Å²) >= 11 is 5.99. The van der Waals surface area contributed by atoms with E-state index in [1.54, 1.807) is 36.2 Å². The highest BCUT2D eigenvalue weighted by Gasteiger charge is 2.42. The average molecular weight is 559 g/mol. The van der Waals surface area contributed by atoms with Crippen molar-refractivity contribution in [1.29, 1.82) is 0 Å². The maximum atomic E-state index is 13.7. The molecular weight excluding hydrogens is 529 g/mol. The van der Waals surface area contributed by atoms with Gasteiger partial charge in [-0.05, 0) is 54.8 Å². The number of piperidine rings is 1. The van der Waals surface area contributed by atoms with Crippen molar-refractivity contribution in [2.24, 2.45) is 5.41 Å². The lowest BCUT2D eigenvalue weighted by Gasteiger charge is -2.43. The van der Waals surface area contributed by atoms with Crippen molar-refractivity contribution in [2.75, 3.05) is 26.7 Å². The number of alkyl halides is 3. The summed E-state index contributed by atoms with van der Waals surface area (Å²) in [5.41, 5.74) is -1.18. The zero-order valence-corrected chi connectivity index (χ0v) is 22.3. The van der Waals surface area contributed by atoms with Crippen LogP contribution >= 0.6 is 11.6 Å². The molecule has 0 aliphatic carbocycles. The highest BCUT2D eigenvalue weighted by Crippen LogP contribution is 2.38. The van der Waals surface area contributed by atoms with Crippen molar-refractivity contribution in [1.82, 2.24) is 9.80 Å². The minimum Gasteiger partial charge on any atom is -0.493 e. The summed E-state index contributed by atoms with van der Waals surface area (Å²) < 4.78 is 47.0. The lowest BCUT2D eigenvalue weighted by molar-refractivity contribution is -0.138. The number of rotatable bonds is 8. The molecule has 1 saturated heterocycles. The summed E-state index contributed by atoms with van der Waals surface area (Å²) in [6.45, 7) is 0.915. The Morgan fingerprint density at radius 2 is 1.67 bits per heavy atom. The summed E-state index contributed by atoms with van der Waals surface area (Å²) in [6.07, 6.45) is -3.47. The molecule has 1 atom stereocenters. The largest absolute Gasteiger partial charge is 0.493 e. The first-order chi connectivity index (χ1) is 18.6. The lowest BCUT2D eigenvalue weighted by atomic mass is 9.77. The van der Waals surface area contributed by atoms with Gasteiger partial charge in [0.1, 0.15) is 5.75 Å². The monoisotopic (exact) mass is 558 g/mol. The summed E-state index contributed by atoms with van der Waals surface area (Å²) in [4.78, 5) is 29.9. The van der Waals surface area contributed by atoms with Crippen LogP contribution in [0.5, 0.6) is 5.75 Å². The predicted octanol–water partition coefficient (Wildman–Crippen LogP) is 6.71. The Morgan fingerprint density at radius 3 is 2.36 bits per heavy atom. The molecule has 9 heteroatoms. The van der Waals surface area contributed by atoms with Crippen molar-refractivity contribution >= 4 is 23.4 Å². The fraction of sp³-hybridized carbons (Fsp3) is 0.333. The van der Waals surface area contributed by atoms with Crippen molar-refractivity contribution in [2.45, 2.75) is 32.0 Å². The van der Waals surface area contributed by atoms with Crippen LogP contribution < -0.4 is 4.74 Å². The Labute approximate surface area is 231 Å². The first-order valence-corrected chi connectivity index (χ1v) is 13.1. The molecule has 1 heterocycles. The molecule has 5 nitrogen and oxygen atoms in total. The third kappa shape index (κ3) is 7.32. The number of ether oxygens (including phenoxy) is 1. The minimum absolute atomic E-state index is 0.0780. The second-order valence-electron chi connectivity index (χ2n) is 10.0. The normalized spacial score (nSPS) is 17.5. The van der Waals surface area contributed by atoms with Crippen LogP contribution in [0.1, 0.15) is 40.7 Å². The smallest absolute Gasteiger partial charge is 0.417 e. The Bertz CT molecular complexity index is 1280. The fourth-order valence-electron chi connectivity index (χ4n) is 4.95. The van der Waals surface area contributed by atoms with Crippen LogP contribution in [0.3, 0.4) is 0 Å². The van der Waals surface area contributed by atoms with Gasteiger partial charge in [-0.15, -0.1) is 0 Å². The van der Waals surface area contributed by atoms with E-state index in [4.69, 9.17) is 16.3 Å². The highest BCUT2D eigenvalue weighted by molar-refractivity contribution is 6.30. The van der Waals surface area contributed by atoms with Gasteiger partial charge in [0.15, 0.2) is 0 Å². The molecule has 1 aliphatic rings. The van der Waals surface area contributed by atoms with Crippen LogP contribution in [0.2, 0.25) is 5.02 Å². The molecule has 3 aromatic rings. The molecule has 1 fully saturated rings. The molecule has 0 saturated carbocycles. The fourth-order valence-corrected chi connectivity index (χ4v) is 5.08. The summed E-state index contributed by atoms with van der Waals surface area (Å²) in [5.74, 6) is -0.290. The van der Waals surface area contributed by atoms with Gasteiger partial charge in [-0.3, -0.25) is 9.59 Å². The zero-order chi connectivity index (χ0) is 28.0. The second-order valence-corrected chi connectivity index (χ2v) is 10.5. The number of hydrogen-bond donors (Lipinski definition) is 0. The van der Waals surface area contributed by atoms with Gasteiger partial charge in [-0.25, -0.2) is 0 Å². The summed E-state index contributed by atoms with van der Waals surface area (Å²) in [6, 6.07) is 21.2. The molecule has 0 radical (unpaired) electrons. The number of likely N-dealkylation sites (tertiary alicyclic amines) is 1. The summed E-state index contributed by atoms with van der Waals surface area (Å²) in [5, 5.41) is 0.549. The van der Waals surface area contributed by atoms with Crippen LogP contribution in [-0.4, -0.2) is 48.4 Å². The molecule has 0 aromatic heterocycles.